The molecule has 0 bridgehead atoms. The molecular formula is C11H13NO4. The van der Waals surface area contributed by atoms with E-state index in [1.807, 2.05) is 11.9 Å². The van der Waals surface area contributed by atoms with Crippen LogP contribution in [0.1, 0.15) is 10.4 Å². The number of carboxylic acids is 1. The van der Waals surface area contributed by atoms with Gasteiger partial charge < -0.3 is 19.5 Å². The van der Waals surface area contributed by atoms with Gasteiger partial charge in [-0.05, 0) is 12.1 Å². The highest BCUT2D eigenvalue weighted by Gasteiger charge is 2.22. The van der Waals surface area contributed by atoms with E-state index in [4.69, 9.17) is 14.6 Å². The van der Waals surface area contributed by atoms with Crippen LogP contribution in [0.15, 0.2) is 12.1 Å². The number of carboxylic acid groups (broad SMARTS) is 1. The normalized spacial score (nSPS) is 14.0. The lowest BCUT2D eigenvalue weighted by Gasteiger charge is -2.29. The number of rotatable bonds is 2. The van der Waals surface area contributed by atoms with Crippen LogP contribution in [0.4, 0.5) is 5.69 Å². The molecule has 0 aliphatic carbocycles. The molecule has 0 unspecified atom stereocenters. The van der Waals surface area contributed by atoms with Gasteiger partial charge in [0.25, 0.3) is 0 Å². The van der Waals surface area contributed by atoms with Gasteiger partial charge in [0.1, 0.15) is 6.61 Å². The molecule has 0 radical (unpaired) electrons. The van der Waals surface area contributed by atoms with E-state index < -0.39 is 5.97 Å². The van der Waals surface area contributed by atoms with Crippen LogP contribution in [0.5, 0.6) is 11.5 Å². The van der Waals surface area contributed by atoms with Crippen molar-refractivity contribution in [2.75, 3.05) is 32.2 Å². The molecule has 0 aromatic heterocycles. The first-order valence-corrected chi connectivity index (χ1v) is 4.92. The van der Waals surface area contributed by atoms with Gasteiger partial charge in [-0.1, -0.05) is 0 Å². The highest BCUT2D eigenvalue weighted by atomic mass is 16.5. The summed E-state index contributed by atoms with van der Waals surface area (Å²) in [5.41, 5.74) is 0.955. The number of aromatic carboxylic acids is 1. The van der Waals surface area contributed by atoms with Crippen LogP contribution < -0.4 is 14.4 Å². The third-order valence-electron chi connectivity index (χ3n) is 2.59. The molecule has 1 aromatic rings. The first-order chi connectivity index (χ1) is 7.63. The first kappa shape index (κ1) is 10.6. The zero-order valence-electron chi connectivity index (χ0n) is 9.19. The van der Waals surface area contributed by atoms with Crippen molar-refractivity contribution in [2.24, 2.45) is 0 Å². The fraction of sp³-hybridized carbons (Fsp3) is 0.364. The molecule has 0 amide bonds. The Morgan fingerprint density at radius 3 is 2.94 bits per heavy atom. The Kier molecular flexibility index (Phi) is 2.60. The minimum Gasteiger partial charge on any atom is -0.493 e. The van der Waals surface area contributed by atoms with E-state index >= 15 is 0 Å². The number of anilines is 1. The van der Waals surface area contributed by atoms with Gasteiger partial charge in [0.05, 0.1) is 24.9 Å². The van der Waals surface area contributed by atoms with Crippen LogP contribution in [0.3, 0.4) is 0 Å². The fourth-order valence-corrected chi connectivity index (χ4v) is 1.70. The second-order valence-corrected chi connectivity index (χ2v) is 3.60. The second kappa shape index (κ2) is 3.92. The van der Waals surface area contributed by atoms with E-state index in [0.717, 1.165) is 12.2 Å². The number of carbonyl (C=O) groups is 1. The van der Waals surface area contributed by atoms with Gasteiger partial charge >= 0.3 is 5.97 Å². The smallest absolute Gasteiger partial charge is 0.335 e. The predicted octanol–water partition coefficient (Wildman–Crippen LogP) is 1.22. The Balaban J connectivity index is 2.58. The summed E-state index contributed by atoms with van der Waals surface area (Å²) in [7, 11) is 3.39. The molecule has 1 aromatic carbocycles. The number of methoxy groups -OCH3 is 1. The molecule has 0 fully saturated rings. The third kappa shape index (κ3) is 1.64. The Labute approximate surface area is 93.2 Å². The molecule has 0 saturated carbocycles. The van der Waals surface area contributed by atoms with Crippen molar-refractivity contribution in [3.05, 3.63) is 17.7 Å². The Morgan fingerprint density at radius 1 is 1.56 bits per heavy atom. The Morgan fingerprint density at radius 2 is 2.31 bits per heavy atom. The summed E-state index contributed by atoms with van der Waals surface area (Å²) >= 11 is 0. The molecular weight excluding hydrogens is 210 g/mol. The van der Waals surface area contributed by atoms with Crippen molar-refractivity contribution < 1.29 is 19.4 Å². The zero-order valence-corrected chi connectivity index (χ0v) is 9.19. The monoisotopic (exact) mass is 223 g/mol. The van der Waals surface area contributed by atoms with E-state index in [9.17, 15) is 4.79 Å². The third-order valence-corrected chi connectivity index (χ3v) is 2.59. The molecule has 0 saturated heterocycles. The minimum absolute atomic E-state index is 0.202. The molecule has 1 heterocycles. The van der Waals surface area contributed by atoms with Crippen molar-refractivity contribution in [1.29, 1.82) is 0 Å². The van der Waals surface area contributed by atoms with Crippen LogP contribution >= 0.6 is 0 Å². The lowest BCUT2D eigenvalue weighted by atomic mass is 10.1. The second-order valence-electron chi connectivity index (χ2n) is 3.60. The number of likely N-dealkylation sites (N-methyl/N-ethyl adjacent to an activating group) is 1. The van der Waals surface area contributed by atoms with Gasteiger partial charge in [-0.15, -0.1) is 0 Å². The lowest BCUT2D eigenvalue weighted by Crippen LogP contribution is -2.29. The maximum Gasteiger partial charge on any atom is 0.335 e. The summed E-state index contributed by atoms with van der Waals surface area (Å²) in [6.45, 7) is 1.31. The highest BCUT2D eigenvalue weighted by molar-refractivity contribution is 5.91. The summed E-state index contributed by atoms with van der Waals surface area (Å²) in [4.78, 5) is 12.9. The summed E-state index contributed by atoms with van der Waals surface area (Å²) in [5, 5.41) is 8.98. The number of nitrogens with zero attached hydrogens (tertiary/aromatic N) is 1. The average Bonchev–Trinajstić information content (AvgIpc) is 2.28. The van der Waals surface area contributed by atoms with Crippen molar-refractivity contribution in [1.82, 2.24) is 0 Å². The van der Waals surface area contributed by atoms with E-state index in [2.05, 4.69) is 0 Å². The van der Waals surface area contributed by atoms with Crippen molar-refractivity contribution in [3.8, 4) is 11.5 Å². The number of hydrogen-bond acceptors (Lipinski definition) is 4. The molecule has 1 aliphatic heterocycles. The van der Waals surface area contributed by atoms with Crippen LogP contribution in [0.2, 0.25) is 0 Å². The van der Waals surface area contributed by atoms with Gasteiger partial charge in [0, 0.05) is 7.05 Å². The Bertz CT molecular complexity index is 430. The standard InChI is InChI=1S/C11H13NO4/c1-12-3-4-16-10-8(12)5-7(11(13)14)6-9(10)15-2/h5-6H,3-4H2,1-2H3,(H,13,14). The number of ether oxygens (including phenoxy) is 2. The average molecular weight is 223 g/mol. The zero-order chi connectivity index (χ0) is 11.7. The van der Waals surface area contributed by atoms with Gasteiger partial charge in [0.2, 0.25) is 0 Å². The van der Waals surface area contributed by atoms with Crippen molar-refractivity contribution >= 4 is 11.7 Å². The quantitative estimate of drug-likeness (QED) is 0.817. The SMILES string of the molecule is COc1cc(C(=O)O)cc2c1OCCN2C. The van der Waals surface area contributed by atoms with Crippen LogP contribution in [-0.4, -0.2) is 38.4 Å². The first-order valence-electron chi connectivity index (χ1n) is 4.92. The van der Waals surface area contributed by atoms with Crippen LogP contribution in [-0.2, 0) is 0 Å². The van der Waals surface area contributed by atoms with Crippen molar-refractivity contribution in [3.63, 3.8) is 0 Å². The van der Waals surface area contributed by atoms with Crippen molar-refractivity contribution in [2.45, 2.75) is 0 Å². The molecule has 0 spiro atoms. The molecule has 1 N–H and O–H groups in total. The molecule has 5 heteroatoms. The molecule has 86 valence electrons. The number of hydrogen-bond donors (Lipinski definition) is 1. The van der Waals surface area contributed by atoms with Gasteiger partial charge in [-0.25, -0.2) is 4.79 Å². The Hall–Kier alpha value is -1.91. The van der Waals surface area contributed by atoms with E-state index in [0.29, 0.717) is 18.1 Å². The van der Waals surface area contributed by atoms with Gasteiger partial charge in [-0.2, -0.15) is 0 Å². The molecule has 16 heavy (non-hydrogen) atoms. The highest BCUT2D eigenvalue weighted by Crippen LogP contribution is 2.40. The molecule has 5 nitrogen and oxygen atoms in total. The molecule has 1 aliphatic rings. The summed E-state index contributed by atoms with van der Waals surface area (Å²) < 4.78 is 10.6. The lowest BCUT2D eigenvalue weighted by molar-refractivity contribution is 0.0696. The van der Waals surface area contributed by atoms with Gasteiger partial charge in [0.15, 0.2) is 11.5 Å². The van der Waals surface area contributed by atoms with Crippen LogP contribution in [0, 0.1) is 0 Å². The topological polar surface area (TPSA) is 59.0 Å². The number of fused-ring (bicyclic) bond motifs is 1. The minimum atomic E-state index is -0.972. The summed E-state index contributed by atoms with van der Waals surface area (Å²) in [5.74, 6) is 0.0998. The summed E-state index contributed by atoms with van der Waals surface area (Å²) in [6.07, 6.45) is 0. The van der Waals surface area contributed by atoms with E-state index in [-0.39, 0.29) is 5.56 Å². The largest absolute Gasteiger partial charge is 0.493 e. The predicted molar refractivity (Wildman–Crippen MR) is 58.7 cm³/mol. The van der Waals surface area contributed by atoms with E-state index in [1.165, 1.54) is 13.2 Å². The summed E-state index contributed by atoms with van der Waals surface area (Å²) in [6, 6.07) is 3.07. The fourth-order valence-electron chi connectivity index (χ4n) is 1.70. The maximum atomic E-state index is 10.9. The van der Waals surface area contributed by atoms with E-state index in [1.54, 1.807) is 6.07 Å². The molecule has 0 atom stereocenters. The van der Waals surface area contributed by atoms with Crippen LogP contribution in [0.25, 0.3) is 0 Å². The molecule has 2 rings (SSSR count). The number of benzene rings is 1. The van der Waals surface area contributed by atoms with Gasteiger partial charge in [-0.3, -0.25) is 0 Å². The maximum absolute atomic E-state index is 10.9.